The van der Waals surface area contributed by atoms with Crippen LogP contribution in [-0.2, 0) is 14.8 Å². The van der Waals surface area contributed by atoms with Crippen molar-refractivity contribution in [2.75, 3.05) is 24.4 Å². The fraction of sp³-hybridized carbons (Fsp3) is 0.182. The third-order valence-corrected chi connectivity index (χ3v) is 4.84. The van der Waals surface area contributed by atoms with Crippen molar-refractivity contribution in [3.05, 3.63) is 65.9 Å². The lowest BCUT2D eigenvalue weighted by Crippen LogP contribution is -2.21. The molecule has 2 aromatic carbocycles. The van der Waals surface area contributed by atoms with E-state index in [2.05, 4.69) is 32.4 Å². The summed E-state index contributed by atoms with van der Waals surface area (Å²) in [5, 5.41) is 15.6. The molecule has 0 aliphatic heterocycles. The maximum absolute atomic E-state index is 11.4. The molecule has 160 valence electrons. The van der Waals surface area contributed by atoms with Gasteiger partial charge in [-0.15, -0.1) is 0 Å². The molecule has 3 aromatic rings. The Kier molecular flexibility index (Phi) is 7.43. The van der Waals surface area contributed by atoms with Crippen LogP contribution in [0.15, 0.2) is 59.6 Å². The summed E-state index contributed by atoms with van der Waals surface area (Å²) in [4.78, 5) is 9.17. The largest absolute Gasteiger partial charge is 0.497 e. The number of rotatable bonds is 7. The van der Waals surface area contributed by atoms with Crippen LogP contribution in [0.1, 0.15) is 18.1 Å². The van der Waals surface area contributed by atoms with Gasteiger partial charge in [-0.3, -0.25) is 0 Å². The molecule has 0 spiro atoms. The fourth-order valence-electron chi connectivity index (χ4n) is 2.58. The minimum atomic E-state index is -1.84. The summed E-state index contributed by atoms with van der Waals surface area (Å²) < 4.78 is 24.0. The predicted octanol–water partition coefficient (Wildman–Crippen LogP) is 3.51. The first-order valence-corrected chi connectivity index (χ1v) is 10.5. The molecule has 1 heterocycles. The summed E-state index contributed by atoms with van der Waals surface area (Å²) in [5.74, 6) is 7.61. The first-order chi connectivity index (χ1) is 15.0. The van der Waals surface area contributed by atoms with Gasteiger partial charge in [0.2, 0.25) is 5.95 Å². The number of aromatic nitrogens is 2. The van der Waals surface area contributed by atoms with E-state index in [9.17, 15) is 9.32 Å². The zero-order valence-electron chi connectivity index (χ0n) is 17.0. The van der Waals surface area contributed by atoms with E-state index >= 15 is 0 Å². The first-order valence-electron chi connectivity index (χ1n) is 9.39. The standard InChI is InChI=1S/C22H22N5O3S/c1-15(14-28)25-21-17(10-9-16-5-3-7-19(11-16)30-2)13-24-22(27-21)26-18-6-4-8-20(12-18)31(23)29/h3-8,11-13,15,23,28H,14H2,1-2H3,(H2,24,25,26,27)/q-1/t15-/m1/s1. The molecule has 9 heteroatoms. The molecule has 8 nitrogen and oxygen atoms in total. The second kappa shape index (κ2) is 10.4. The lowest BCUT2D eigenvalue weighted by Gasteiger charge is -2.14. The normalized spacial score (nSPS) is 11.4. The van der Waals surface area contributed by atoms with E-state index in [-0.39, 0.29) is 12.6 Å². The van der Waals surface area contributed by atoms with Gasteiger partial charge in [0.25, 0.3) is 0 Å². The zero-order chi connectivity index (χ0) is 22.2. The molecule has 31 heavy (non-hydrogen) atoms. The summed E-state index contributed by atoms with van der Waals surface area (Å²) in [7, 11) is -0.237. The van der Waals surface area contributed by atoms with Crippen LogP contribution in [0.25, 0.3) is 0 Å². The molecule has 0 bridgehead atoms. The van der Waals surface area contributed by atoms with E-state index in [1.807, 2.05) is 31.2 Å². The van der Waals surface area contributed by atoms with Crippen molar-refractivity contribution < 1.29 is 14.1 Å². The number of benzene rings is 2. The second-order valence-electron chi connectivity index (χ2n) is 6.59. The van der Waals surface area contributed by atoms with Crippen LogP contribution >= 0.6 is 0 Å². The molecule has 3 rings (SSSR count). The third-order valence-electron chi connectivity index (χ3n) is 4.16. The average Bonchev–Trinajstić information content (AvgIpc) is 2.78. The minimum Gasteiger partial charge on any atom is -0.497 e. The molecule has 0 saturated heterocycles. The summed E-state index contributed by atoms with van der Waals surface area (Å²) in [6, 6.07) is 13.8. The highest BCUT2D eigenvalue weighted by molar-refractivity contribution is 7.73. The minimum absolute atomic E-state index is 0.0765. The van der Waals surface area contributed by atoms with Gasteiger partial charge in [-0.05, 0) is 31.2 Å². The van der Waals surface area contributed by atoms with E-state index in [0.717, 1.165) is 5.56 Å². The van der Waals surface area contributed by atoms with Gasteiger partial charge in [-0.2, -0.15) is 15.6 Å². The van der Waals surface area contributed by atoms with Crippen LogP contribution < -0.4 is 15.4 Å². The predicted molar refractivity (Wildman–Crippen MR) is 120 cm³/mol. The molecule has 1 aromatic heterocycles. The van der Waals surface area contributed by atoms with Gasteiger partial charge in [-0.1, -0.05) is 41.0 Å². The van der Waals surface area contributed by atoms with Crippen molar-refractivity contribution in [3.63, 3.8) is 0 Å². The van der Waals surface area contributed by atoms with E-state index in [1.54, 1.807) is 37.6 Å². The van der Waals surface area contributed by atoms with Gasteiger partial charge in [0, 0.05) is 17.3 Å². The van der Waals surface area contributed by atoms with Gasteiger partial charge in [0.05, 0.1) is 25.5 Å². The summed E-state index contributed by atoms with van der Waals surface area (Å²) in [6.45, 7) is 1.74. The Morgan fingerprint density at radius 2 is 2.03 bits per heavy atom. The molecule has 4 N–H and O–H groups in total. The monoisotopic (exact) mass is 436 g/mol. The topological polar surface area (TPSA) is 120 Å². The van der Waals surface area contributed by atoms with Crippen LogP contribution in [0, 0.1) is 16.6 Å². The molecule has 1 atom stereocenters. The highest BCUT2D eigenvalue weighted by atomic mass is 32.2. The molecule has 0 saturated carbocycles. The quantitative estimate of drug-likeness (QED) is 0.330. The Hall–Kier alpha value is -3.61. The number of ether oxygens (including phenoxy) is 1. The second-order valence-corrected chi connectivity index (χ2v) is 7.60. The molecule has 0 unspecified atom stereocenters. The van der Waals surface area contributed by atoms with Crippen LogP contribution in [0.3, 0.4) is 0 Å². The number of anilines is 3. The number of aliphatic hydroxyl groups is 1. The Labute approximate surface area is 182 Å². The van der Waals surface area contributed by atoms with Crippen molar-refractivity contribution in [3.8, 4) is 17.6 Å². The lowest BCUT2D eigenvalue weighted by atomic mass is 10.2. The Morgan fingerprint density at radius 1 is 1.23 bits per heavy atom. The maximum Gasteiger partial charge on any atom is 0.229 e. The SMILES string of the molecule is COc1cccc(C#Cc2cnc(Nc3cccc([S-](=N)=O)c3)nc2N[C@H](C)CO)c1. The van der Waals surface area contributed by atoms with E-state index < -0.39 is 10.6 Å². The van der Waals surface area contributed by atoms with Crippen molar-refractivity contribution in [2.45, 2.75) is 17.9 Å². The molecule has 0 fully saturated rings. The highest BCUT2D eigenvalue weighted by Gasteiger charge is 2.09. The number of nitrogens with zero attached hydrogens (tertiary/aromatic N) is 2. The third kappa shape index (κ3) is 6.18. The van der Waals surface area contributed by atoms with Crippen molar-refractivity contribution in [2.24, 2.45) is 0 Å². The van der Waals surface area contributed by atoms with Crippen LogP contribution in [-0.4, -0.2) is 34.8 Å². The molecular weight excluding hydrogens is 414 g/mol. The maximum atomic E-state index is 11.4. The number of methoxy groups -OCH3 is 1. The van der Waals surface area contributed by atoms with E-state index in [0.29, 0.717) is 33.7 Å². The van der Waals surface area contributed by atoms with Gasteiger partial charge in [-0.25, -0.2) is 4.98 Å². The number of hydrogen-bond acceptors (Lipinski definition) is 9. The van der Waals surface area contributed by atoms with Crippen LogP contribution in [0.5, 0.6) is 5.75 Å². The molecule has 0 aliphatic carbocycles. The van der Waals surface area contributed by atoms with Gasteiger partial charge in [0.1, 0.15) is 11.6 Å². The zero-order valence-corrected chi connectivity index (χ0v) is 17.9. The summed E-state index contributed by atoms with van der Waals surface area (Å²) in [5.41, 5.74) is 1.95. The van der Waals surface area contributed by atoms with Crippen molar-refractivity contribution >= 4 is 28.0 Å². The lowest BCUT2D eigenvalue weighted by molar-refractivity contribution is 0.281. The summed E-state index contributed by atoms with van der Waals surface area (Å²) >= 11 is 0. The van der Waals surface area contributed by atoms with E-state index in [4.69, 9.17) is 9.52 Å². The van der Waals surface area contributed by atoms with Crippen LogP contribution in [0.2, 0.25) is 0 Å². The fourth-order valence-corrected chi connectivity index (χ4v) is 3.02. The Bertz CT molecular complexity index is 1190. The smallest absolute Gasteiger partial charge is 0.229 e. The molecular formula is C22H22N5O3S-. The Morgan fingerprint density at radius 3 is 2.77 bits per heavy atom. The number of hydrogen-bond donors (Lipinski definition) is 4. The molecule has 0 amide bonds. The van der Waals surface area contributed by atoms with Gasteiger partial charge >= 0.3 is 0 Å². The van der Waals surface area contributed by atoms with Crippen molar-refractivity contribution in [1.29, 1.82) is 4.78 Å². The highest BCUT2D eigenvalue weighted by Crippen LogP contribution is 2.20. The van der Waals surface area contributed by atoms with Crippen molar-refractivity contribution in [1.82, 2.24) is 9.97 Å². The van der Waals surface area contributed by atoms with Crippen LogP contribution in [0.4, 0.5) is 17.5 Å². The average molecular weight is 437 g/mol. The Balaban J connectivity index is 1.92. The molecule has 0 radical (unpaired) electrons. The summed E-state index contributed by atoms with van der Waals surface area (Å²) in [6.07, 6.45) is 1.58. The van der Waals surface area contributed by atoms with Gasteiger partial charge in [0.15, 0.2) is 0 Å². The number of nitrogens with one attached hydrogen (secondary N) is 3. The first kappa shape index (κ1) is 22.1. The number of aliphatic hydroxyl groups excluding tert-OH is 1. The van der Waals surface area contributed by atoms with Gasteiger partial charge < -0.3 is 29.5 Å². The van der Waals surface area contributed by atoms with E-state index in [1.165, 1.54) is 0 Å². The molecule has 0 aliphatic rings.